The van der Waals surface area contributed by atoms with Gasteiger partial charge in [0.25, 0.3) is 0 Å². The maximum Gasteiger partial charge on any atom is 0.234 e. The molecule has 2 N–H and O–H groups in total. The smallest absolute Gasteiger partial charge is 0.234 e. The highest BCUT2D eigenvalue weighted by atomic mass is 16.5. The third kappa shape index (κ3) is 4.62. The van der Waals surface area contributed by atoms with E-state index in [4.69, 9.17) is 4.74 Å². The number of hydrogen-bond donors (Lipinski definition) is 2. The molecule has 0 aromatic carbocycles. The van der Waals surface area contributed by atoms with Gasteiger partial charge < -0.3 is 15.4 Å². The van der Waals surface area contributed by atoms with E-state index >= 15 is 0 Å². The molecule has 1 fully saturated rings. The van der Waals surface area contributed by atoms with Crippen LogP contribution in [0.3, 0.4) is 0 Å². The highest BCUT2D eigenvalue weighted by molar-refractivity contribution is 5.78. The molecule has 0 heterocycles. The van der Waals surface area contributed by atoms with Gasteiger partial charge in [0.15, 0.2) is 0 Å². The predicted molar refractivity (Wildman–Crippen MR) is 59.8 cm³/mol. The summed E-state index contributed by atoms with van der Waals surface area (Å²) in [7, 11) is 1.65. The first kappa shape index (κ1) is 12.5. The average molecular weight is 214 g/mol. The monoisotopic (exact) mass is 214 g/mol. The fraction of sp³-hybridized carbons (Fsp3) is 0.909. The maximum absolute atomic E-state index is 11.6. The van der Waals surface area contributed by atoms with Crippen molar-refractivity contribution in [2.75, 3.05) is 26.8 Å². The van der Waals surface area contributed by atoms with E-state index in [1.807, 2.05) is 0 Å². The van der Waals surface area contributed by atoms with Crippen molar-refractivity contribution in [3.05, 3.63) is 0 Å². The third-order valence-corrected chi connectivity index (χ3v) is 2.92. The van der Waals surface area contributed by atoms with E-state index in [1.165, 1.54) is 12.8 Å². The molecule has 0 aromatic heterocycles. The lowest BCUT2D eigenvalue weighted by molar-refractivity contribution is -0.121. The Morgan fingerprint density at radius 3 is 2.67 bits per heavy atom. The summed E-state index contributed by atoms with van der Waals surface area (Å²) in [6, 6.07) is 0. The number of nitrogens with one attached hydrogen (secondary N) is 2. The summed E-state index contributed by atoms with van der Waals surface area (Å²) < 4.78 is 4.88. The number of carbonyl (C=O) groups excluding carboxylic acids is 1. The fourth-order valence-corrected chi connectivity index (χ4v) is 2.04. The van der Waals surface area contributed by atoms with Crippen molar-refractivity contribution in [2.24, 2.45) is 0 Å². The number of rotatable bonds is 6. The maximum atomic E-state index is 11.6. The van der Waals surface area contributed by atoms with Gasteiger partial charge in [0.2, 0.25) is 5.91 Å². The van der Waals surface area contributed by atoms with Gasteiger partial charge in [0.05, 0.1) is 13.2 Å². The molecule has 4 nitrogen and oxygen atoms in total. The molecule has 1 aliphatic rings. The van der Waals surface area contributed by atoms with Gasteiger partial charge in [-0.05, 0) is 19.8 Å². The van der Waals surface area contributed by atoms with Crippen LogP contribution < -0.4 is 10.6 Å². The minimum Gasteiger partial charge on any atom is -0.383 e. The first-order valence-corrected chi connectivity index (χ1v) is 5.67. The molecular formula is C11H22N2O2. The molecule has 0 spiro atoms. The van der Waals surface area contributed by atoms with Crippen molar-refractivity contribution in [1.29, 1.82) is 0 Å². The van der Waals surface area contributed by atoms with E-state index in [2.05, 4.69) is 17.6 Å². The van der Waals surface area contributed by atoms with Crippen molar-refractivity contribution >= 4 is 5.91 Å². The van der Waals surface area contributed by atoms with E-state index in [0.717, 1.165) is 19.4 Å². The molecule has 0 radical (unpaired) electrons. The van der Waals surface area contributed by atoms with E-state index < -0.39 is 0 Å². The molecule has 1 saturated carbocycles. The largest absolute Gasteiger partial charge is 0.383 e. The van der Waals surface area contributed by atoms with Gasteiger partial charge in [0, 0.05) is 19.2 Å². The lowest BCUT2D eigenvalue weighted by Crippen LogP contribution is -2.47. The van der Waals surface area contributed by atoms with Crippen molar-refractivity contribution in [3.63, 3.8) is 0 Å². The average Bonchev–Trinajstić information content (AvgIpc) is 2.59. The Morgan fingerprint density at radius 2 is 2.07 bits per heavy atom. The summed E-state index contributed by atoms with van der Waals surface area (Å²) in [5.74, 6) is 0.0931. The third-order valence-electron chi connectivity index (χ3n) is 2.92. The standard InChI is InChI=1S/C11H22N2O2/c1-11(5-3-4-6-11)13-10(14)9-12-7-8-15-2/h12H,3-9H2,1-2H3,(H,13,14). The van der Waals surface area contributed by atoms with E-state index in [-0.39, 0.29) is 11.4 Å². The lowest BCUT2D eigenvalue weighted by atomic mass is 10.0. The molecule has 0 aliphatic heterocycles. The van der Waals surface area contributed by atoms with Gasteiger partial charge in [-0.2, -0.15) is 0 Å². The molecule has 4 heteroatoms. The second kappa shape index (κ2) is 6.08. The van der Waals surface area contributed by atoms with Gasteiger partial charge in [-0.3, -0.25) is 4.79 Å². The Labute approximate surface area is 91.8 Å². The van der Waals surface area contributed by atoms with E-state index in [0.29, 0.717) is 13.2 Å². The fourth-order valence-electron chi connectivity index (χ4n) is 2.04. The first-order valence-electron chi connectivity index (χ1n) is 5.67. The van der Waals surface area contributed by atoms with Crippen LogP contribution in [-0.4, -0.2) is 38.3 Å². The van der Waals surface area contributed by atoms with Gasteiger partial charge in [0.1, 0.15) is 0 Å². The number of amides is 1. The normalized spacial score (nSPS) is 19.1. The van der Waals surface area contributed by atoms with Crippen LogP contribution in [-0.2, 0) is 9.53 Å². The highest BCUT2D eigenvalue weighted by Gasteiger charge is 2.29. The Balaban J connectivity index is 2.12. The molecule has 15 heavy (non-hydrogen) atoms. The summed E-state index contributed by atoms with van der Waals surface area (Å²) >= 11 is 0. The molecule has 1 rings (SSSR count). The SMILES string of the molecule is COCCNCC(=O)NC1(C)CCCC1. The summed E-state index contributed by atoms with van der Waals surface area (Å²) in [6.45, 7) is 3.89. The predicted octanol–water partition coefficient (Wildman–Crippen LogP) is 0.671. The number of methoxy groups -OCH3 is 1. The van der Waals surface area contributed by atoms with Crippen molar-refractivity contribution in [2.45, 2.75) is 38.1 Å². The topological polar surface area (TPSA) is 50.4 Å². The van der Waals surface area contributed by atoms with Gasteiger partial charge >= 0.3 is 0 Å². The van der Waals surface area contributed by atoms with Crippen molar-refractivity contribution in [3.8, 4) is 0 Å². The Kier molecular flexibility index (Phi) is 5.05. The van der Waals surface area contributed by atoms with Crippen LogP contribution in [0.25, 0.3) is 0 Å². The van der Waals surface area contributed by atoms with Crippen LogP contribution in [0.4, 0.5) is 0 Å². The molecule has 0 saturated heterocycles. The van der Waals surface area contributed by atoms with Gasteiger partial charge in [-0.1, -0.05) is 12.8 Å². The zero-order valence-electron chi connectivity index (χ0n) is 9.77. The van der Waals surface area contributed by atoms with Crippen LogP contribution in [0.15, 0.2) is 0 Å². The quantitative estimate of drug-likeness (QED) is 0.639. The van der Waals surface area contributed by atoms with Crippen LogP contribution in [0.1, 0.15) is 32.6 Å². The molecular weight excluding hydrogens is 192 g/mol. The van der Waals surface area contributed by atoms with Gasteiger partial charge in [-0.15, -0.1) is 0 Å². The first-order chi connectivity index (χ1) is 7.16. The Bertz CT molecular complexity index is 201. The molecule has 0 unspecified atom stereocenters. The number of ether oxygens (including phenoxy) is 1. The minimum absolute atomic E-state index is 0.0417. The zero-order chi connectivity index (χ0) is 11.1. The Hall–Kier alpha value is -0.610. The molecule has 88 valence electrons. The Morgan fingerprint density at radius 1 is 1.40 bits per heavy atom. The van der Waals surface area contributed by atoms with Crippen LogP contribution >= 0.6 is 0 Å². The molecule has 0 bridgehead atoms. The number of hydrogen-bond acceptors (Lipinski definition) is 3. The molecule has 0 aromatic rings. The van der Waals surface area contributed by atoms with Crippen molar-refractivity contribution in [1.82, 2.24) is 10.6 Å². The second-order valence-electron chi connectivity index (χ2n) is 4.49. The van der Waals surface area contributed by atoms with E-state index in [1.54, 1.807) is 7.11 Å². The molecule has 1 amide bonds. The van der Waals surface area contributed by atoms with Gasteiger partial charge in [-0.25, -0.2) is 0 Å². The van der Waals surface area contributed by atoms with Crippen molar-refractivity contribution < 1.29 is 9.53 Å². The van der Waals surface area contributed by atoms with E-state index in [9.17, 15) is 4.79 Å². The van der Waals surface area contributed by atoms with Crippen LogP contribution in [0.2, 0.25) is 0 Å². The number of carbonyl (C=O) groups is 1. The summed E-state index contributed by atoms with van der Waals surface area (Å²) in [6.07, 6.45) is 4.68. The van der Waals surface area contributed by atoms with Crippen LogP contribution in [0.5, 0.6) is 0 Å². The molecule has 0 atom stereocenters. The second-order valence-corrected chi connectivity index (χ2v) is 4.49. The zero-order valence-corrected chi connectivity index (χ0v) is 9.77. The minimum atomic E-state index is 0.0417. The summed E-state index contributed by atoms with van der Waals surface area (Å²) in [4.78, 5) is 11.6. The highest BCUT2D eigenvalue weighted by Crippen LogP contribution is 2.28. The summed E-state index contributed by atoms with van der Waals surface area (Å²) in [5, 5.41) is 6.13. The molecule has 1 aliphatic carbocycles. The van der Waals surface area contributed by atoms with Crippen LogP contribution in [0, 0.1) is 0 Å². The summed E-state index contributed by atoms with van der Waals surface area (Å²) in [5.41, 5.74) is 0.0417. The lowest BCUT2D eigenvalue weighted by Gasteiger charge is -2.25.